The van der Waals surface area contributed by atoms with Crippen LogP contribution >= 0.6 is 0 Å². The van der Waals surface area contributed by atoms with Crippen LogP contribution in [0.1, 0.15) is 24.4 Å². The van der Waals surface area contributed by atoms with E-state index < -0.39 is 10.0 Å². The Labute approximate surface area is 114 Å². The quantitative estimate of drug-likeness (QED) is 0.809. The first-order chi connectivity index (χ1) is 9.11. The molecule has 106 valence electrons. The second-order valence-electron chi connectivity index (χ2n) is 4.73. The van der Waals surface area contributed by atoms with Crippen molar-refractivity contribution in [1.29, 1.82) is 0 Å². The summed E-state index contributed by atoms with van der Waals surface area (Å²) in [5.74, 6) is 0.0103. The Balaban J connectivity index is 2.00. The highest BCUT2D eigenvalue weighted by Gasteiger charge is 2.25. The van der Waals surface area contributed by atoms with E-state index in [1.807, 2.05) is 30.3 Å². The Morgan fingerprint density at radius 2 is 2.11 bits per heavy atom. The summed E-state index contributed by atoms with van der Waals surface area (Å²) < 4.78 is 32.2. The van der Waals surface area contributed by atoms with Gasteiger partial charge in [0.1, 0.15) is 0 Å². The van der Waals surface area contributed by atoms with Crippen molar-refractivity contribution in [3.05, 3.63) is 35.9 Å². The van der Waals surface area contributed by atoms with Crippen LogP contribution in [0.2, 0.25) is 0 Å². The molecule has 0 bridgehead atoms. The highest BCUT2D eigenvalue weighted by atomic mass is 32.2. The Morgan fingerprint density at radius 3 is 2.68 bits per heavy atom. The molecule has 0 radical (unpaired) electrons. The molecule has 3 N–H and O–H groups in total. The van der Waals surface area contributed by atoms with Gasteiger partial charge in [0.25, 0.3) is 0 Å². The molecule has 0 amide bonds. The van der Waals surface area contributed by atoms with Crippen LogP contribution in [0.4, 0.5) is 0 Å². The van der Waals surface area contributed by atoms with Crippen LogP contribution in [-0.2, 0) is 14.8 Å². The van der Waals surface area contributed by atoms with Crippen molar-refractivity contribution in [3.8, 4) is 0 Å². The normalized spacial score (nSPS) is 21.4. The van der Waals surface area contributed by atoms with Gasteiger partial charge in [-0.15, -0.1) is 0 Å². The van der Waals surface area contributed by atoms with Gasteiger partial charge in [-0.05, 0) is 18.4 Å². The Morgan fingerprint density at radius 1 is 1.37 bits per heavy atom. The number of nitrogens with one attached hydrogen (secondary N) is 1. The zero-order valence-corrected chi connectivity index (χ0v) is 11.6. The van der Waals surface area contributed by atoms with Crippen molar-refractivity contribution < 1.29 is 13.2 Å². The van der Waals surface area contributed by atoms with Crippen molar-refractivity contribution >= 4 is 10.0 Å². The van der Waals surface area contributed by atoms with E-state index in [0.29, 0.717) is 6.61 Å². The number of benzene rings is 1. The van der Waals surface area contributed by atoms with Crippen LogP contribution in [-0.4, -0.2) is 33.4 Å². The lowest BCUT2D eigenvalue weighted by atomic mass is 10.1. The van der Waals surface area contributed by atoms with Gasteiger partial charge >= 0.3 is 0 Å². The van der Waals surface area contributed by atoms with E-state index >= 15 is 0 Å². The van der Waals surface area contributed by atoms with Crippen LogP contribution in [0.5, 0.6) is 0 Å². The maximum atomic E-state index is 12.1. The molecule has 19 heavy (non-hydrogen) atoms. The van der Waals surface area contributed by atoms with Crippen molar-refractivity contribution in [2.75, 3.05) is 18.9 Å². The first kappa shape index (κ1) is 14.5. The molecule has 0 aromatic heterocycles. The molecule has 1 heterocycles. The zero-order chi connectivity index (χ0) is 13.7. The highest BCUT2D eigenvalue weighted by molar-refractivity contribution is 7.89. The van der Waals surface area contributed by atoms with Gasteiger partial charge in [0.2, 0.25) is 10.0 Å². The first-order valence-corrected chi connectivity index (χ1v) is 8.12. The summed E-state index contributed by atoms with van der Waals surface area (Å²) in [6, 6.07) is 8.97. The van der Waals surface area contributed by atoms with Crippen LogP contribution in [0.25, 0.3) is 0 Å². The third-order valence-corrected chi connectivity index (χ3v) is 4.64. The number of sulfonamides is 1. The number of hydrogen-bond donors (Lipinski definition) is 2. The number of nitrogens with two attached hydrogens (primary N) is 1. The fourth-order valence-corrected chi connectivity index (χ4v) is 3.74. The van der Waals surface area contributed by atoms with Gasteiger partial charge in [-0.2, -0.15) is 0 Å². The van der Waals surface area contributed by atoms with E-state index in [9.17, 15) is 8.42 Å². The molecule has 2 atom stereocenters. The molecule has 0 saturated carbocycles. The molecule has 1 aliphatic rings. The van der Waals surface area contributed by atoms with Crippen LogP contribution in [0.3, 0.4) is 0 Å². The van der Waals surface area contributed by atoms with Crippen molar-refractivity contribution in [3.63, 3.8) is 0 Å². The molecule has 0 spiro atoms. The molecule has 6 heteroatoms. The van der Waals surface area contributed by atoms with E-state index in [0.717, 1.165) is 18.4 Å². The van der Waals surface area contributed by atoms with Crippen molar-refractivity contribution in [2.45, 2.75) is 25.0 Å². The number of ether oxygens (including phenoxy) is 1. The number of hydrogen-bond acceptors (Lipinski definition) is 4. The van der Waals surface area contributed by atoms with Gasteiger partial charge in [0.15, 0.2) is 0 Å². The summed E-state index contributed by atoms with van der Waals surface area (Å²) in [5, 5.41) is 0. The van der Waals surface area contributed by atoms with Gasteiger partial charge in [0, 0.05) is 13.2 Å². The van der Waals surface area contributed by atoms with Gasteiger partial charge in [-0.3, -0.25) is 0 Å². The van der Waals surface area contributed by atoms with Gasteiger partial charge in [0.05, 0.1) is 17.9 Å². The smallest absolute Gasteiger partial charge is 0.214 e. The molecule has 5 nitrogen and oxygen atoms in total. The van der Waals surface area contributed by atoms with E-state index in [1.165, 1.54) is 0 Å². The molecule has 1 fully saturated rings. The fourth-order valence-electron chi connectivity index (χ4n) is 2.22. The lowest BCUT2D eigenvalue weighted by Gasteiger charge is -2.18. The third kappa shape index (κ3) is 4.28. The molecule has 1 aliphatic heterocycles. The van der Waals surface area contributed by atoms with Crippen LogP contribution in [0.15, 0.2) is 30.3 Å². The average molecular weight is 284 g/mol. The van der Waals surface area contributed by atoms with Gasteiger partial charge in [-0.1, -0.05) is 30.3 Å². The van der Waals surface area contributed by atoms with Crippen LogP contribution < -0.4 is 10.5 Å². The molecular weight excluding hydrogens is 264 g/mol. The van der Waals surface area contributed by atoms with Crippen molar-refractivity contribution in [2.24, 2.45) is 5.73 Å². The standard InChI is InChI=1S/C13H20N2O3S/c14-9-13(11-5-2-1-3-6-11)15-19(16,17)10-12-7-4-8-18-12/h1-3,5-6,12-13,15H,4,7-10,14H2. The minimum absolute atomic E-state index is 0.0103. The molecule has 2 unspecified atom stereocenters. The maximum absolute atomic E-state index is 12.1. The lowest BCUT2D eigenvalue weighted by Crippen LogP contribution is -2.37. The highest BCUT2D eigenvalue weighted by Crippen LogP contribution is 2.16. The second-order valence-corrected chi connectivity index (χ2v) is 6.53. The largest absolute Gasteiger partial charge is 0.377 e. The maximum Gasteiger partial charge on any atom is 0.214 e. The molecule has 2 rings (SSSR count). The average Bonchev–Trinajstić information content (AvgIpc) is 2.89. The van der Waals surface area contributed by atoms with Crippen LogP contribution in [0, 0.1) is 0 Å². The molecule has 0 aliphatic carbocycles. The van der Waals surface area contributed by atoms with E-state index in [1.54, 1.807) is 0 Å². The minimum Gasteiger partial charge on any atom is -0.377 e. The molecule has 1 aromatic rings. The molecule has 1 saturated heterocycles. The summed E-state index contributed by atoms with van der Waals surface area (Å²) in [4.78, 5) is 0. The van der Waals surface area contributed by atoms with Gasteiger partial charge < -0.3 is 10.5 Å². The summed E-state index contributed by atoms with van der Waals surface area (Å²) in [5.41, 5.74) is 6.54. The fraction of sp³-hybridized carbons (Fsp3) is 0.538. The predicted molar refractivity (Wildman–Crippen MR) is 74.1 cm³/mol. The predicted octanol–water partition coefficient (Wildman–Crippen LogP) is 0.785. The molecule has 1 aromatic carbocycles. The van der Waals surface area contributed by atoms with E-state index in [-0.39, 0.29) is 24.4 Å². The summed E-state index contributed by atoms with van der Waals surface area (Å²) in [6.45, 7) is 0.883. The Bertz CT molecular complexity index is 484. The Kier molecular flexibility index (Phi) is 4.93. The summed E-state index contributed by atoms with van der Waals surface area (Å²) in [7, 11) is -3.38. The second kappa shape index (κ2) is 6.47. The summed E-state index contributed by atoms with van der Waals surface area (Å²) >= 11 is 0. The summed E-state index contributed by atoms with van der Waals surface area (Å²) in [6.07, 6.45) is 1.55. The monoisotopic (exact) mass is 284 g/mol. The number of rotatable bonds is 6. The molecular formula is C13H20N2O3S. The topological polar surface area (TPSA) is 81.4 Å². The first-order valence-electron chi connectivity index (χ1n) is 6.47. The van der Waals surface area contributed by atoms with E-state index in [2.05, 4.69) is 4.72 Å². The minimum atomic E-state index is -3.38. The Hall–Kier alpha value is -0.950. The SMILES string of the molecule is NCC(NS(=O)(=O)CC1CCCO1)c1ccccc1. The van der Waals surface area contributed by atoms with Crippen molar-refractivity contribution in [1.82, 2.24) is 4.72 Å². The third-order valence-electron chi connectivity index (χ3n) is 3.19. The van der Waals surface area contributed by atoms with Gasteiger partial charge in [-0.25, -0.2) is 13.1 Å². The zero-order valence-electron chi connectivity index (χ0n) is 10.8. The van der Waals surface area contributed by atoms with E-state index in [4.69, 9.17) is 10.5 Å². The lowest BCUT2D eigenvalue weighted by molar-refractivity contribution is 0.127.